The molecule has 0 aliphatic rings. The third-order valence-electron chi connectivity index (χ3n) is 2.27. The molecule has 0 unspecified atom stereocenters. The molecule has 0 aliphatic heterocycles. The third kappa shape index (κ3) is 5.20. The van der Waals surface area contributed by atoms with Crippen molar-refractivity contribution in [2.75, 3.05) is 6.61 Å². The third-order valence-corrected chi connectivity index (χ3v) is 2.51. The van der Waals surface area contributed by atoms with Gasteiger partial charge in [0, 0.05) is 5.02 Å². The first-order valence-corrected chi connectivity index (χ1v) is 6.03. The van der Waals surface area contributed by atoms with Crippen molar-refractivity contribution in [2.24, 2.45) is 0 Å². The fourth-order valence-electron chi connectivity index (χ4n) is 1.38. The van der Waals surface area contributed by atoms with Crippen molar-refractivity contribution in [1.82, 2.24) is 5.32 Å². The molecule has 94 valence electrons. The number of carbonyl (C=O) groups is 1. The average Bonchev–Trinajstić information content (AvgIpc) is 2.26. The minimum Gasteiger partial charge on any atom is -0.369 e. The lowest BCUT2D eigenvalue weighted by atomic mass is 10.1. The average molecular weight is 256 g/mol. The normalized spacial score (nSPS) is 12.5. The molecular weight excluding hydrogens is 238 g/mol. The first-order chi connectivity index (χ1) is 7.99. The standard InChI is InChI=1S/C13H18ClNO2/c1-9(2)17-8-13(16)15-10(3)11-5-4-6-12(14)7-11/h4-7,9-10H,8H2,1-3H3,(H,15,16)/t10-/m0/s1. The molecule has 17 heavy (non-hydrogen) atoms. The summed E-state index contributed by atoms with van der Waals surface area (Å²) in [5.74, 6) is -0.119. The minimum absolute atomic E-state index is 0.0576. The fraction of sp³-hybridized carbons (Fsp3) is 0.462. The molecule has 0 aliphatic carbocycles. The van der Waals surface area contributed by atoms with Gasteiger partial charge in [-0.05, 0) is 38.5 Å². The van der Waals surface area contributed by atoms with Gasteiger partial charge in [0.2, 0.25) is 5.91 Å². The van der Waals surface area contributed by atoms with E-state index in [-0.39, 0.29) is 24.7 Å². The van der Waals surface area contributed by atoms with Crippen molar-refractivity contribution in [3.63, 3.8) is 0 Å². The molecule has 1 amide bonds. The molecule has 3 nitrogen and oxygen atoms in total. The zero-order valence-electron chi connectivity index (χ0n) is 10.4. The molecule has 0 saturated heterocycles. The van der Waals surface area contributed by atoms with Crippen LogP contribution in [0, 0.1) is 0 Å². The van der Waals surface area contributed by atoms with Crippen molar-refractivity contribution in [3.05, 3.63) is 34.9 Å². The van der Waals surface area contributed by atoms with Crippen molar-refractivity contribution in [3.8, 4) is 0 Å². The molecule has 1 N–H and O–H groups in total. The van der Waals surface area contributed by atoms with Crippen LogP contribution in [-0.4, -0.2) is 18.6 Å². The van der Waals surface area contributed by atoms with Gasteiger partial charge in [0.1, 0.15) is 6.61 Å². The number of benzene rings is 1. The smallest absolute Gasteiger partial charge is 0.246 e. The highest BCUT2D eigenvalue weighted by atomic mass is 35.5. The van der Waals surface area contributed by atoms with Crippen molar-refractivity contribution >= 4 is 17.5 Å². The summed E-state index contributed by atoms with van der Waals surface area (Å²) in [6.45, 7) is 5.79. The fourth-order valence-corrected chi connectivity index (χ4v) is 1.58. The molecule has 0 spiro atoms. The van der Waals surface area contributed by atoms with Gasteiger partial charge in [0.25, 0.3) is 0 Å². The zero-order chi connectivity index (χ0) is 12.8. The second kappa shape index (κ2) is 6.62. The predicted molar refractivity (Wildman–Crippen MR) is 69.1 cm³/mol. The molecule has 0 heterocycles. The molecule has 1 aromatic carbocycles. The Morgan fingerprint density at radius 3 is 2.71 bits per heavy atom. The Hall–Kier alpha value is -1.06. The van der Waals surface area contributed by atoms with Crippen LogP contribution >= 0.6 is 11.6 Å². The van der Waals surface area contributed by atoms with Crippen LogP contribution in [0.15, 0.2) is 24.3 Å². The summed E-state index contributed by atoms with van der Waals surface area (Å²) in [6, 6.07) is 7.37. The van der Waals surface area contributed by atoms with Gasteiger partial charge in [-0.15, -0.1) is 0 Å². The van der Waals surface area contributed by atoms with Gasteiger partial charge in [-0.2, -0.15) is 0 Å². The van der Waals surface area contributed by atoms with E-state index in [1.54, 1.807) is 0 Å². The number of hydrogen-bond donors (Lipinski definition) is 1. The number of rotatable bonds is 5. The molecule has 0 bridgehead atoms. The SMILES string of the molecule is CC(C)OCC(=O)N[C@@H](C)c1cccc(Cl)c1. The molecular formula is C13H18ClNO2. The van der Waals surface area contributed by atoms with E-state index in [4.69, 9.17) is 16.3 Å². The summed E-state index contributed by atoms with van der Waals surface area (Å²) >= 11 is 5.89. The van der Waals surface area contributed by atoms with Crippen LogP contribution in [0.4, 0.5) is 0 Å². The van der Waals surface area contributed by atoms with Crippen LogP contribution in [0.3, 0.4) is 0 Å². The quantitative estimate of drug-likeness (QED) is 0.879. The van der Waals surface area contributed by atoms with Crippen molar-refractivity contribution in [2.45, 2.75) is 32.9 Å². The Morgan fingerprint density at radius 2 is 2.12 bits per heavy atom. The number of halogens is 1. The summed E-state index contributed by atoms with van der Waals surface area (Å²) in [7, 11) is 0. The monoisotopic (exact) mass is 255 g/mol. The molecule has 0 aromatic heterocycles. The van der Waals surface area contributed by atoms with E-state index in [9.17, 15) is 4.79 Å². The van der Waals surface area contributed by atoms with Gasteiger partial charge in [-0.1, -0.05) is 23.7 Å². The maximum atomic E-state index is 11.5. The first kappa shape index (κ1) is 14.0. The van der Waals surface area contributed by atoms with Crippen molar-refractivity contribution in [1.29, 1.82) is 0 Å². The Labute approximate surface area is 107 Å². The van der Waals surface area contributed by atoms with E-state index in [0.717, 1.165) is 5.56 Å². The number of ether oxygens (including phenoxy) is 1. The maximum absolute atomic E-state index is 11.5. The second-order valence-electron chi connectivity index (χ2n) is 4.20. The van der Waals surface area contributed by atoms with Gasteiger partial charge in [0.15, 0.2) is 0 Å². The lowest BCUT2D eigenvalue weighted by Crippen LogP contribution is -2.31. The molecule has 1 rings (SSSR count). The number of hydrogen-bond acceptors (Lipinski definition) is 2. The van der Waals surface area contributed by atoms with Crippen LogP contribution in [0.1, 0.15) is 32.4 Å². The van der Waals surface area contributed by atoms with E-state index in [2.05, 4.69) is 5.32 Å². The van der Waals surface area contributed by atoms with Gasteiger partial charge in [0.05, 0.1) is 12.1 Å². The molecule has 1 aromatic rings. The van der Waals surface area contributed by atoms with E-state index in [1.165, 1.54) is 0 Å². The Morgan fingerprint density at radius 1 is 1.41 bits per heavy atom. The molecule has 0 saturated carbocycles. The van der Waals surface area contributed by atoms with Gasteiger partial charge < -0.3 is 10.1 Å². The predicted octanol–water partition coefficient (Wildman–Crippen LogP) is 2.94. The topological polar surface area (TPSA) is 38.3 Å². The second-order valence-corrected chi connectivity index (χ2v) is 4.64. The molecule has 1 atom stereocenters. The van der Waals surface area contributed by atoms with Crippen LogP contribution in [-0.2, 0) is 9.53 Å². The number of carbonyl (C=O) groups excluding carboxylic acids is 1. The highest BCUT2D eigenvalue weighted by Crippen LogP contribution is 2.17. The van der Waals surface area contributed by atoms with Crippen LogP contribution < -0.4 is 5.32 Å². The summed E-state index contributed by atoms with van der Waals surface area (Å²) < 4.78 is 5.23. The lowest BCUT2D eigenvalue weighted by Gasteiger charge is -2.15. The Balaban J connectivity index is 2.48. The Bertz CT molecular complexity index is 379. The van der Waals surface area contributed by atoms with Crippen LogP contribution in [0.25, 0.3) is 0 Å². The number of amides is 1. The van der Waals surface area contributed by atoms with Crippen LogP contribution in [0.5, 0.6) is 0 Å². The van der Waals surface area contributed by atoms with E-state index >= 15 is 0 Å². The summed E-state index contributed by atoms with van der Waals surface area (Å²) in [5, 5.41) is 3.52. The van der Waals surface area contributed by atoms with Crippen molar-refractivity contribution < 1.29 is 9.53 Å². The Kier molecular flexibility index (Phi) is 5.45. The summed E-state index contributed by atoms with van der Waals surface area (Å²) in [6.07, 6.45) is 0.0576. The highest BCUT2D eigenvalue weighted by Gasteiger charge is 2.10. The van der Waals surface area contributed by atoms with E-state index in [0.29, 0.717) is 5.02 Å². The van der Waals surface area contributed by atoms with E-state index < -0.39 is 0 Å². The van der Waals surface area contributed by atoms with Gasteiger partial charge >= 0.3 is 0 Å². The zero-order valence-corrected chi connectivity index (χ0v) is 11.1. The molecule has 0 fully saturated rings. The highest BCUT2D eigenvalue weighted by molar-refractivity contribution is 6.30. The minimum atomic E-state index is -0.119. The maximum Gasteiger partial charge on any atom is 0.246 e. The molecule has 0 radical (unpaired) electrons. The molecule has 4 heteroatoms. The van der Waals surface area contributed by atoms with E-state index in [1.807, 2.05) is 45.0 Å². The number of nitrogens with one attached hydrogen (secondary N) is 1. The lowest BCUT2D eigenvalue weighted by molar-refractivity contribution is -0.127. The van der Waals surface area contributed by atoms with Gasteiger partial charge in [-0.25, -0.2) is 0 Å². The largest absolute Gasteiger partial charge is 0.369 e. The van der Waals surface area contributed by atoms with Gasteiger partial charge in [-0.3, -0.25) is 4.79 Å². The first-order valence-electron chi connectivity index (χ1n) is 5.65. The van der Waals surface area contributed by atoms with Crippen LogP contribution in [0.2, 0.25) is 5.02 Å². The summed E-state index contributed by atoms with van der Waals surface area (Å²) in [5.41, 5.74) is 0.982. The summed E-state index contributed by atoms with van der Waals surface area (Å²) in [4.78, 5) is 11.5.